The van der Waals surface area contributed by atoms with Crippen LogP contribution in [0.3, 0.4) is 0 Å². The van der Waals surface area contributed by atoms with Crippen molar-refractivity contribution < 1.29 is 218 Å². The first-order chi connectivity index (χ1) is 52.6. The Morgan fingerprint density at radius 3 is 1.11 bits per heavy atom. The third-order valence-corrected chi connectivity index (χ3v) is 17.1. The van der Waals surface area contributed by atoms with Crippen molar-refractivity contribution in [3.8, 4) is 177 Å². The number of phenolic OH excluding ortho intramolecular Hbond substituents is 23. The van der Waals surface area contributed by atoms with Crippen LogP contribution < -0.4 is 4.74 Å². The first-order valence-electron chi connectivity index (χ1n) is 30.7. The average Bonchev–Trinajstić information content (AvgIpc) is 0.995. The number of cyclic esters (lactones) is 6. The summed E-state index contributed by atoms with van der Waals surface area (Å²) in [6.07, 6.45) is -24.3. The van der Waals surface area contributed by atoms with E-state index in [9.17, 15) is 176 Å². The molecular formula is C68H48O44. The first kappa shape index (κ1) is 77.1. The van der Waals surface area contributed by atoms with E-state index >= 15 is 0 Å². The monoisotopic (exact) mass is 1570 g/mol. The van der Waals surface area contributed by atoms with Crippen LogP contribution in [0.15, 0.2) is 54.6 Å². The molecule has 11 rings (SSSR count). The number of ether oxygens (including phenoxy) is 9. The molecule has 0 radical (unpaired) electrons. The summed E-state index contributed by atoms with van der Waals surface area (Å²) in [5.41, 5.74) is -18.2. The number of carbonyl (C=O) groups excluding carboxylic acids is 10. The van der Waals surface area contributed by atoms with Crippen molar-refractivity contribution in [3.05, 3.63) is 99.1 Å². The van der Waals surface area contributed by atoms with Crippen LogP contribution in [0, 0.1) is 0 Å². The zero-order valence-electron chi connectivity index (χ0n) is 54.8. The molecule has 112 heavy (non-hydrogen) atoms. The van der Waals surface area contributed by atoms with Crippen LogP contribution >= 0.6 is 0 Å². The van der Waals surface area contributed by atoms with Gasteiger partial charge in [-0.15, -0.1) is 0 Å². The van der Waals surface area contributed by atoms with Gasteiger partial charge in [-0.2, -0.15) is 0 Å². The number of benzene rings is 8. The lowest BCUT2D eigenvalue weighted by atomic mass is 9.91. The van der Waals surface area contributed by atoms with Crippen LogP contribution in [0.4, 0.5) is 0 Å². The molecule has 8 unspecified atom stereocenters. The number of aromatic hydroxyl groups is 23. The highest BCUT2D eigenvalue weighted by molar-refractivity contribution is 6.12. The van der Waals surface area contributed by atoms with Gasteiger partial charge in [-0.05, 0) is 42.5 Å². The zero-order chi connectivity index (χ0) is 82.3. The summed E-state index contributed by atoms with van der Waals surface area (Å²) < 4.78 is 48.2. The standard InChI is InChI=1S/C68H48O44/c69-10-33(59(111-61(96)14-1-22(71)41(81)23(72)2-14)57-30(79)12-104-62(97)15-3-24(73)42(82)49(89)35(15)37-17(65(100)109-57)5-26(75)44(84)51(37)91)108-68(103)21-8-29(78)47(87)55(95)56(21)106-32-9-20-40(54(94)48(32)88)39-18(6-27(76)46(86)53(39)93)66(101)110-58(31(80)13-105-63(20)98)60-34(11-70)107-64(99)16-4-25(74)43(83)50(90)36(16)38-19(67(102)112-60)7-28(77)45(85)52(38)92/h1-11,30-31,33-34,57-60,71-95H,12-13H2. The smallest absolute Gasteiger partial charge is 0.343 e. The summed E-state index contributed by atoms with van der Waals surface area (Å²) in [6.45, 7) is -3.31. The largest absolute Gasteiger partial charge is 0.504 e. The molecular weight excluding hydrogens is 1520 g/mol. The van der Waals surface area contributed by atoms with Gasteiger partial charge >= 0.3 is 47.8 Å². The van der Waals surface area contributed by atoms with Crippen LogP contribution in [0.1, 0.15) is 82.9 Å². The fourth-order valence-electron chi connectivity index (χ4n) is 11.6. The number of rotatable bonds is 11. The lowest BCUT2D eigenvalue weighted by molar-refractivity contribution is -0.142. The number of esters is 8. The molecule has 0 saturated heterocycles. The zero-order valence-corrected chi connectivity index (χ0v) is 54.8. The molecule has 8 atom stereocenters. The molecule has 0 spiro atoms. The number of aliphatic hydroxyl groups is 2. The molecule has 44 heteroatoms. The second-order valence-corrected chi connectivity index (χ2v) is 23.8. The Morgan fingerprint density at radius 2 is 0.696 bits per heavy atom. The third-order valence-electron chi connectivity index (χ3n) is 17.1. The van der Waals surface area contributed by atoms with Gasteiger partial charge in [0.2, 0.25) is 46.0 Å². The molecule has 8 aromatic rings. The minimum absolute atomic E-state index is 0.0835. The molecule has 584 valence electrons. The Hall–Kier alpha value is -16.0. The maximum Gasteiger partial charge on any atom is 0.343 e. The fraction of sp³-hybridized carbons (Fsp3) is 0.147. The van der Waals surface area contributed by atoms with Gasteiger partial charge in [0.1, 0.15) is 31.0 Å². The van der Waals surface area contributed by atoms with Crippen molar-refractivity contribution in [2.75, 3.05) is 13.2 Å². The van der Waals surface area contributed by atoms with Gasteiger partial charge in [0.25, 0.3) is 0 Å². The predicted molar refractivity (Wildman–Crippen MR) is 347 cm³/mol. The summed E-state index contributed by atoms with van der Waals surface area (Å²) in [6, 6.07) is 2.32. The van der Waals surface area contributed by atoms with Crippen molar-refractivity contribution in [1.29, 1.82) is 0 Å². The highest BCUT2D eigenvalue weighted by Crippen LogP contribution is 2.58. The molecule has 0 amide bonds. The quantitative estimate of drug-likeness (QED) is 0.0377. The number of aliphatic hydroxyl groups excluding tert-OH is 2. The second kappa shape index (κ2) is 28.7. The van der Waals surface area contributed by atoms with Gasteiger partial charge < -0.3 is 170 Å². The first-order valence-corrected chi connectivity index (χ1v) is 30.7. The molecule has 3 heterocycles. The van der Waals surface area contributed by atoms with Crippen LogP contribution in [-0.4, -0.2) is 250 Å². The molecule has 25 N–H and O–H groups in total. The van der Waals surface area contributed by atoms with Gasteiger partial charge in [0.05, 0.1) is 38.9 Å². The van der Waals surface area contributed by atoms with Crippen molar-refractivity contribution in [1.82, 2.24) is 0 Å². The highest BCUT2D eigenvalue weighted by Gasteiger charge is 2.49. The summed E-state index contributed by atoms with van der Waals surface area (Å²) in [5, 5.41) is 274. The minimum atomic E-state index is -3.08. The van der Waals surface area contributed by atoms with E-state index in [0.717, 1.165) is 0 Å². The minimum Gasteiger partial charge on any atom is -0.504 e. The van der Waals surface area contributed by atoms with E-state index in [2.05, 4.69) is 0 Å². The van der Waals surface area contributed by atoms with E-state index in [1.165, 1.54) is 0 Å². The van der Waals surface area contributed by atoms with Crippen molar-refractivity contribution >= 4 is 60.3 Å². The Morgan fingerprint density at radius 1 is 0.357 bits per heavy atom. The Labute approximate surface area is 615 Å². The summed E-state index contributed by atoms with van der Waals surface area (Å²) >= 11 is 0. The van der Waals surface area contributed by atoms with Crippen molar-refractivity contribution in [3.63, 3.8) is 0 Å². The molecule has 8 aromatic carbocycles. The maximum absolute atomic E-state index is 14.8. The highest BCUT2D eigenvalue weighted by atomic mass is 16.6. The van der Waals surface area contributed by atoms with Gasteiger partial charge in [-0.25, -0.2) is 38.4 Å². The Bertz CT molecular complexity index is 5440. The molecule has 44 nitrogen and oxygen atoms in total. The molecule has 0 fully saturated rings. The van der Waals surface area contributed by atoms with Crippen molar-refractivity contribution in [2.45, 2.75) is 48.8 Å². The van der Waals surface area contributed by atoms with Crippen LogP contribution in [0.2, 0.25) is 0 Å². The number of carbonyl (C=O) groups is 10. The molecule has 0 bridgehead atoms. The predicted octanol–water partition coefficient (Wildman–Crippen LogP) is 1.44. The van der Waals surface area contributed by atoms with Crippen LogP contribution in [-0.2, 0) is 47.5 Å². The maximum atomic E-state index is 14.8. The Kier molecular flexibility index (Phi) is 19.8. The number of phenols is 23. The van der Waals surface area contributed by atoms with Gasteiger partial charge in [-0.1, -0.05) is 0 Å². The summed E-state index contributed by atoms with van der Waals surface area (Å²) in [7, 11) is 0. The molecule has 0 aliphatic carbocycles. The molecule has 0 aromatic heterocycles. The molecule has 0 saturated carbocycles. The lowest BCUT2D eigenvalue weighted by Gasteiger charge is -2.33. The fourth-order valence-corrected chi connectivity index (χ4v) is 11.6. The second-order valence-electron chi connectivity index (χ2n) is 23.8. The van der Waals surface area contributed by atoms with E-state index in [-0.39, 0.29) is 30.3 Å². The lowest BCUT2D eigenvalue weighted by Crippen LogP contribution is -2.53. The van der Waals surface area contributed by atoms with E-state index in [4.69, 9.17) is 42.6 Å². The van der Waals surface area contributed by atoms with Gasteiger partial charge in [0, 0.05) is 45.5 Å². The van der Waals surface area contributed by atoms with Crippen LogP contribution in [0.25, 0.3) is 33.4 Å². The normalized spacial score (nSPS) is 18.2. The SMILES string of the molecule is O=CC(OC(=O)c1cc(O)c(O)c(O)c1Oc1cc2c(c(O)c1O)-c1c(cc(O)c(O)c1O)C(=O)OC(C1OC(=O)c3cc(O)c(O)c(O)c3-c3c(cc(O)c(O)c3O)C(=O)OC1C=O)C(O)COC2=O)C(OC(=O)c1cc(O)c(O)c(O)c1)C1OC(=O)c2cc(O)c(O)c(O)c2-c2c(cc(O)c(O)c2O)C(=O)OCC1O. The Balaban J connectivity index is 1.00. The van der Waals surface area contributed by atoms with Gasteiger partial charge in [-0.3, -0.25) is 9.59 Å². The van der Waals surface area contributed by atoms with Crippen molar-refractivity contribution in [2.24, 2.45) is 0 Å². The third kappa shape index (κ3) is 13.0. The van der Waals surface area contributed by atoms with E-state index in [1.807, 2.05) is 0 Å². The summed E-state index contributed by atoms with van der Waals surface area (Å²) in [5.74, 6) is -55.0. The molecule has 3 aliphatic rings. The topological polar surface area (TPSA) is 760 Å². The van der Waals surface area contributed by atoms with E-state index < -0.39 is 344 Å². The number of hydrogen-bond donors (Lipinski definition) is 25. The number of aldehydes is 2. The van der Waals surface area contributed by atoms with E-state index in [0.29, 0.717) is 24.3 Å². The average molecular weight is 1570 g/mol. The molecule has 3 aliphatic heterocycles. The van der Waals surface area contributed by atoms with Crippen LogP contribution in [0.5, 0.6) is 144 Å². The number of fused-ring (bicyclic) bond motifs is 9. The van der Waals surface area contributed by atoms with Gasteiger partial charge in [0.15, 0.2) is 147 Å². The summed E-state index contributed by atoms with van der Waals surface area (Å²) in [4.78, 5) is 142. The number of hydrogen-bond acceptors (Lipinski definition) is 44. The van der Waals surface area contributed by atoms with E-state index in [1.54, 1.807) is 0 Å².